The predicted octanol–water partition coefficient (Wildman–Crippen LogP) is 1.81. The minimum atomic E-state index is 0.203. The second-order valence-electron chi connectivity index (χ2n) is 5.86. The van der Waals surface area contributed by atoms with Gasteiger partial charge in [0.05, 0.1) is 5.69 Å². The van der Waals surface area contributed by atoms with E-state index >= 15 is 0 Å². The van der Waals surface area contributed by atoms with Crippen molar-refractivity contribution >= 4 is 11.6 Å². The maximum absolute atomic E-state index is 11.6. The third kappa shape index (κ3) is 2.80. The molecule has 0 atom stereocenters. The number of nitrogens with zero attached hydrogens (tertiary/aromatic N) is 2. The lowest BCUT2D eigenvalue weighted by atomic mass is 9.91. The van der Waals surface area contributed by atoms with E-state index < -0.39 is 0 Å². The molecule has 108 valence electrons. The first-order valence-corrected chi connectivity index (χ1v) is 7.58. The van der Waals surface area contributed by atoms with Crippen molar-refractivity contribution in [3.63, 3.8) is 0 Å². The van der Waals surface area contributed by atoms with Crippen LogP contribution >= 0.6 is 0 Å². The normalized spacial score (nSPS) is 20.8. The van der Waals surface area contributed by atoms with E-state index in [0.29, 0.717) is 6.42 Å². The molecule has 0 radical (unpaired) electrons. The molecule has 2 saturated heterocycles. The Morgan fingerprint density at radius 1 is 1.30 bits per heavy atom. The van der Waals surface area contributed by atoms with Crippen molar-refractivity contribution < 1.29 is 4.79 Å². The van der Waals surface area contributed by atoms with Gasteiger partial charge in [-0.2, -0.15) is 0 Å². The van der Waals surface area contributed by atoms with Crippen LogP contribution in [0.3, 0.4) is 0 Å². The number of rotatable bonds is 3. The minimum absolute atomic E-state index is 0.203. The van der Waals surface area contributed by atoms with Gasteiger partial charge in [0.15, 0.2) is 0 Å². The number of carbonyl (C=O) groups is 1. The van der Waals surface area contributed by atoms with Crippen molar-refractivity contribution in [3.05, 3.63) is 29.8 Å². The summed E-state index contributed by atoms with van der Waals surface area (Å²) in [4.78, 5) is 11.6. The Morgan fingerprint density at radius 2 is 2.10 bits per heavy atom. The van der Waals surface area contributed by atoms with Gasteiger partial charge in [-0.05, 0) is 56.0 Å². The third-order valence-corrected chi connectivity index (χ3v) is 4.45. The lowest BCUT2D eigenvalue weighted by Gasteiger charge is -2.27. The van der Waals surface area contributed by atoms with Crippen LogP contribution in [-0.4, -0.2) is 37.6 Å². The zero-order valence-corrected chi connectivity index (χ0v) is 12.1. The number of anilines is 1. The van der Waals surface area contributed by atoms with E-state index in [2.05, 4.69) is 34.6 Å². The fourth-order valence-electron chi connectivity index (χ4n) is 3.21. The summed E-state index contributed by atoms with van der Waals surface area (Å²) in [6.07, 6.45) is 4.31. The maximum atomic E-state index is 11.6. The summed E-state index contributed by atoms with van der Waals surface area (Å²) in [5, 5.41) is 7.23. The fraction of sp³-hybridized carbons (Fsp3) is 0.562. The molecule has 4 nitrogen and oxygen atoms in total. The van der Waals surface area contributed by atoms with Crippen LogP contribution in [0, 0.1) is 5.92 Å². The molecule has 0 aromatic heterocycles. The Labute approximate surface area is 120 Å². The van der Waals surface area contributed by atoms with Crippen LogP contribution < -0.4 is 10.3 Å². The molecule has 0 bridgehead atoms. The van der Waals surface area contributed by atoms with E-state index in [1.807, 2.05) is 7.05 Å². The molecule has 20 heavy (non-hydrogen) atoms. The van der Waals surface area contributed by atoms with Crippen molar-refractivity contribution in [3.8, 4) is 0 Å². The first-order chi connectivity index (χ1) is 9.74. The molecule has 4 heteroatoms. The zero-order valence-electron chi connectivity index (χ0n) is 12.1. The number of amides is 1. The number of hydrogen-bond donors (Lipinski definition) is 1. The molecule has 1 aromatic rings. The van der Waals surface area contributed by atoms with E-state index in [0.717, 1.165) is 37.7 Å². The van der Waals surface area contributed by atoms with Crippen molar-refractivity contribution in [2.24, 2.45) is 5.92 Å². The van der Waals surface area contributed by atoms with Gasteiger partial charge >= 0.3 is 0 Å². The van der Waals surface area contributed by atoms with Gasteiger partial charge in [0.2, 0.25) is 5.91 Å². The first kappa shape index (κ1) is 13.4. The minimum Gasteiger partial charge on any atom is -0.317 e. The van der Waals surface area contributed by atoms with Crippen molar-refractivity contribution in [1.29, 1.82) is 0 Å². The van der Waals surface area contributed by atoms with Gasteiger partial charge in [-0.1, -0.05) is 12.1 Å². The molecule has 1 amide bonds. The van der Waals surface area contributed by atoms with E-state index in [9.17, 15) is 4.79 Å². The van der Waals surface area contributed by atoms with Crippen molar-refractivity contribution in [2.45, 2.75) is 25.7 Å². The molecule has 1 aromatic carbocycles. The largest absolute Gasteiger partial charge is 0.317 e. The highest BCUT2D eigenvalue weighted by atomic mass is 16.2. The standard InChI is InChI=1S/C16H23N3O/c1-18-16(20)7-10-19(18)15-4-2-3-14(12-15)11-13-5-8-17-9-6-13/h2-4,12-13,17H,5-11H2,1H3. The molecule has 3 rings (SSSR count). The molecule has 0 aliphatic carbocycles. The molecule has 0 unspecified atom stereocenters. The predicted molar refractivity (Wildman–Crippen MR) is 80.5 cm³/mol. The van der Waals surface area contributed by atoms with E-state index in [1.54, 1.807) is 5.01 Å². The van der Waals surface area contributed by atoms with Crippen molar-refractivity contribution in [2.75, 3.05) is 31.7 Å². The summed E-state index contributed by atoms with van der Waals surface area (Å²) in [6, 6.07) is 8.67. The molecular weight excluding hydrogens is 250 g/mol. The Kier molecular flexibility index (Phi) is 3.92. The molecule has 2 aliphatic rings. The van der Waals surface area contributed by atoms with Crippen LogP contribution in [0.4, 0.5) is 5.69 Å². The topological polar surface area (TPSA) is 35.6 Å². The van der Waals surface area contributed by atoms with Gasteiger partial charge in [-0.25, -0.2) is 0 Å². The van der Waals surface area contributed by atoms with E-state index in [1.165, 1.54) is 18.4 Å². The average Bonchev–Trinajstić information content (AvgIpc) is 2.80. The first-order valence-electron chi connectivity index (χ1n) is 7.58. The van der Waals surface area contributed by atoms with E-state index in [4.69, 9.17) is 0 Å². The number of hydrogen-bond acceptors (Lipinski definition) is 3. The zero-order chi connectivity index (χ0) is 13.9. The summed E-state index contributed by atoms with van der Waals surface area (Å²) < 4.78 is 0. The van der Waals surface area contributed by atoms with Crippen LogP contribution in [0.2, 0.25) is 0 Å². The summed E-state index contributed by atoms with van der Waals surface area (Å²) >= 11 is 0. The monoisotopic (exact) mass is 273 g/mol. The molecular formula is C16H23N3O. The van der Waals surface area contributed by atoms with Gasteiger partial charge in [0, 0.05) is 20.0 Å². The fourth-order valence-corrected chi connectivity index (χ4v) is 3.21. The lowest BCUT2D eigenvalue weighted by Crippen LogP contribution is -2.35. The Bertz CT molecular complexity index is 482. The Hall–Kier alpha value is -1.55. The third-order valence-electron chi connectivity index (χ3n) is 4.45. The lowest BCUT2D eigenvalue weighted by molar-refractivity contribution is -0.126. The summed E-state index contributed by atoms with van der Waals surface area (Å²) in [5.74, 6) is 0.998. The smallest absolute Gasteiger partial charge is 0.242 e. The van der Waals surface area contributed by atoms with Gasteiger partial charge in [-0.3, -0.25) is 14.8 Å². The van der Waals surface area contributed by atoms with E-state index in [-0.39, 0.29) is 5.91 Å². The second-order valence-corrected chi connectivity index (χ2v) is 5.86. The average molecular weight is 273 g/mol. The molecule has 0 saturated carbocycles. The quantitative estimate of drug-likeness (QED) is 0.912. The Balaban J connectivity index is 1.71. The van der Waals surface area contributed by atoms with Gasteiger partial charge < -0.3 is 5.32 Å². The van der Waals surface area contributed by atoms with Crippen LogP contribution in [-0.2, 0) is 11.2 Å². The maximum Gasteiger partial charge on any atom is 0.242 e. The summed E-state index contributed by atoms with van der Waals surface area (Å²) in [6.45, 7) is 3.09. The van der Waals surface area contributed by atoms with Crippen LogP contribution in [0.15, 0.2) is 24.3 Å². The van der Waals surface area contributed by atoms with Crippen LogP contribution in [0.5, 0.6) is 0 Å². The molecule has 0 spiro atoms. The van der Waals surface area contributed by atoms with Crippen LogP contribution in [0.1, 0.15) is 24.8 Å². The highest BCUT2D eigenvalue weighted by Crippen LogP contribution is 2.25. The molecule has 2 fully saturated rings. The molecule has 2 heterocycles. The highest BCUT2D eigenvalue weighted by Gasteiger charge is 2.25. The summed E-state index contributed by atoms with van der Waals surface area (Å²) in [7, 11) is 1.86. The second kappa shape index (κ2) is 5.83. The number of hydrazine groups is 1. The highest BCUT2D eigenvalue weighted by molar-refractivity contribution is 5.81. The molecule has 2 aliphatic heterocycles. The summed E-state index contributed by atoms with van der Waals surface area (Å²) in [5.41, 5.74) is 2.53. The number of benzene rings is 1. The van der Waals surface area contributed by atoms with Gasteiger partial charge in [-0.15, -0.1) is 0 Å². The van der Waals surface area contributed by atoms with Crippen molar-refractivity contribution in [1.82, 2.24) is 10.3 Å². The number of nitrogens with one attached hydrogen (secondary N) is 1. The number of carbonyl (C=O) groups excluding carboxylic acids is 1. The Morgan fingerprint density at radius 3 is 2.80 bits per heavy atom. The SMILES string of the molecule is CN1C(=O)CCN1c1cccc(CC2CCNCC2)c1. The van der Waals surface area contributed by atoms with Gasteiger partial charge in [0.1, 0.15) is 0 Å². The molecule has 1 N–H and O–H groups in total. The van der Waals surface area contributed by atoms with Gasteiger partial charge in [0.25, 0.3) is 0 Å². The van der Waals surface area contributed by atoms with Crippen LogP contribution in [0.25, 0.3) is 0 Å². The number of piperidine rings is 1.